The highest BCUT2D eigenvalue weighted by Gasteiger charge is 2.18. The lowest BCUT2D eigenvalue weighted by molar-refractivity contribution is -0.142. The average molecular weight is 506 g/mol. The van der Waals surface area contributed by atoms with E-state index in [9.17, 15) is 14.4 Å². The van der Waals surface area contributed by atoms with E-state index in [1.165, 1.54) is 44.9 Å². The van der Waals surface area contributed by atoms with Crippen molar-refractivity contribution in [3.63, 3.8) is 0 Å². The SMILES string of the molecule is CCCCCCCCCCCC(=O)NC(CCSC)C(=O)O.NC(N)=NCCCC(N)C(=O)O. The molecule has 11 heteroatoms. The number of nitrogens with two attached hydrogens (primary N) is 3. The van der Waals surface area contributed by atoms with Crippen LogP contribution in [0.25, 0.3) is 0 Å². The molecule has 2 atom stereocenters. The first-order valence-corrected chi connectivity index (χ1v) is 13.6. The molecule has 0 saturated carbocycles. The lowest BCUT2D eigenvalue weighted by atomic mass is 10.1. The topological polar surface area (TPSA) is 194 Å². The number of carbonyl (C=O) groups excluding carboxylic acids is 1. The number of aliphatic imine (C=N–C) groups is 1. The summed E-state index contributed by atoms with van der Waals surface area (Å²) in [5.74, 6) is -1.31. The highest BCUT2D eigenvalue weighted by molar-refractivity contribution is 7.98. The summed E-state index contributed by atoms with van der Waals surface area (Å²) in [6.07, 6.45) is 14.7. The Labute approximate surface area is 208 Å². The van der Waals surface area contributed by atoms with Crippen molar-refractivity contribution in [1.82, 2.24) is 5.32 Å². The van der Waals surface area contributed by atoms with Gasteiger partial charge < -0.3 is 32.7 Å². The maximum absolute atomic E-state index is 11.7. The van der Waals surface area contributed by atoms with Gasteiger partial charge in [0.1, 0.15) is 12.1 Å². The number of guanidine groups is 1. The Hall–Kier alpha value is -2.01. The van der Waals surface area contributed by atoms with Crippen LogP contribution in [0.5, 0.6) is 0 Å². The van der Waals surface area contributed by atoms with Gasteiger partial charge in [-0.1, -0.05) is 58.3 Å². The lowest BCUT2D eigenvalue weighted by Gasteiger charge is -2.13. The van der Waals surface area contributed by atoms with Crippen LogP contribution in [0, 0.1) is 0 Å². The first-order valence-electron chi connectivity index (χ1n) is 12.2. The zero-order chi connectivity index (χ0) is 26.2. The second-order valence-electron chi connectivity index (χ2n) is 8.21. The van der Waals surface area contributed by atoms with Crippen molar-refractivity contribution in [2.24, 2.45) is 22.2 Å². The van der Waals surface area contributed by atoms with Crippen LogP contribution in [-0.2, 0) is 14.4 Å². The van der Waals surface area contributed by atoms with Crippen molar-refractivity contribution in [2.75, 3.05) is 18.6 Å². The molecular formula is C23H47N5O5S. The van der Waals surface area contributed by atoms with Crippen molar-refractivity contribution in [3.05, 3.63) is 0 Å². The van der Waals surface area contributed by atoms with Crippen LogP contribution in [0.1, 0.15) is 90.4 Å². The summed E-state index contributed by atoms with van der Waals surface area (Å²) >= 11 is 1.59. The van der Waals surface area contributed by atoms with Gasteiger partial charge in [0.15, 0.2) is 5.96 Å². The zero-order valence-electron chi connectivity index (χ0n) is 21.0. The predicted octanol–water partition coefficient (Wildman–Crippen LogP) is 2.68. The molecule has 34 heavy (non-hydrogen) atoms. The van der Waals surface area contributed by atoms with Crippen molar-refractivity contribution in [2.45, 2.75) is 102 Å². The molecule has 0 aliphatic carbocycles. The van der Waals surface area contributed by atoms with Gasteiger partial charge in [0.2, 0.25) is 5.91 Å². The molecule has 0 bridgehead atoms. The number of carboxylic acid groups (broad SMARTS) is 2. The smallest absolute Gasteiger partial charge is 0.326 e. The summed E-state index contributed by atoms with van der Waals surface area (Å²) in [4.78, 5) is 36.7. The monoisotopic (exact) mass is 505 g/mol. The number of unbranched alkanes of at least 4 members (excludes halogenated alkanes) is 8. The predicted molar refractivity (Wildman–Crippen MR) is 140 cm³/mol. The molecule has 0 heterocycles. The van der Waals surface area contributed by atoms with Crippen LogP contribution in [0.4, 0.5) is 0 Å². The van der Waals surface area contributed by atoms with Gasteiger partial charge in [-0.2, -0.15) is 11.8 Å². The molecule has 0 aromatic heterocycles. The van der Waals surface area contributed by atoms with Gasteiger partial charge in [0.05, 0.1) is 0 Å². The molecule has 9 N–H and O–H groups in total. The molecule has 0 spiro atoms. The van der Waals surface area contributed by atoms with E-state index in [1.54, 1.807) is 11.8 Å². The van der Waals surface area contributed by atoms with E-state index in [2.05, 4.69) is 17.2 Å². The van der Waals surface area contributed by atoms with Gasteiger partial charge in [0.25, 0.3) is 0 Å². The molecule has 1 amide bonds. The number of hydrogen-bond donors (Lipinski definition) is 6. The van der Waals surface area contributed by atoms with Crippen LogP contribution >= 0.6 is 11.8 Å². The third-order valence-electron chi connectivity index (χ3n) is 5.04. The number of amides is 1. The van der Waals surface area contributed by atoms with Crippen LogP contribution in [-0.4, -0.2) is 64.7 Å². The Morgan fingerprint density at radius 2 is 1.44 bits per heavy atom. The molecule has 0 aromatic rings. The van der Waals surface area contributed by atoms with Crippen LogP contribution in [0.3, 0.4) is 0 Å². The maximum Gasteiger partial charge on any atom is 0.326 e. The second-order valence-corrected chi connectivity index (χ2v) is 9.20. The van der Waals surface area contributed by atoms with Gasteiger partial charge in [-0.05, 0) is 37.7 Å². The normalized spacial score (nSPS) is 12.1. The largest absolute Gasteiger partial charge is 0.480 e. The van der Waals surface area contributed by atoms with E-state index in [0.29, 0.717) is 32.2 Å². The van der Waals surface area contributed by atoms with E-state index >= 15 is 0 Å². The standard InChI is InChI=1S/C17H33NO3S.C6H14N4O2/c1-3-4-5-6-7-8-9-10-11-12-16(19)18-15(17(20)21)13-14-22-2;7-4(5(11)12)2-1-3-10-6(8)9/h15H,3-14H2,1-2H3,(H,18,19)(H,20,21);4H,1-3,7H2,(H,11,12)(H4,8,9,10). The molecular weight excluding hydrogens is 458 g/mol. The minimum atomic E-state index is -1.00. The average Bonchev–Trinajstić information content (AvgIpc) is 2.78. The Morgan fingerprint density at radius 3 is 1.91 bits per heavy atom. The van der Waals surface area contributed by atoms with E-state index in [0.717, 1.165) is 18.6 Å². The fourth-order valence-corrected chi connectivity index (χ4v) is 3.47. The van der Waals surface area contributed by atoms with Crippen molar-refractivity contribution in [1.29, 1.82) is 0 Å². The molecule has 0 aromatic carbocycles. The summed E-state index contributed by atoms with van der Waals surface area (Å²) in [7, 11) is 0. The molecule has 0 aliphatic rings. The number of nitrogens with zero attached hydrogens (tertiary/aromatic N) is 1. The second kappa shape index (κ2) is 24.1. The Kier molecular flexibility index (Phi) is 24.2. The summed E-state index contributed by atoms with van der Waals surface area (Å²) in [6.45, 7) is 2.64. The first kappa shape index (κ1) is 34.2. The molecule has 0 saturated heterocycles. The Bertz CT molecular complexity index is 574. The number of rotatable bonds is 20. The summed E-state index contributed by atoms with van der Waals surface area (Å²) < 4.78 is 0. The summed E-state index contributed by atoms with van der Waals surface area (Å²) in [6, 6.07) is -1.56. The van der Waals surface area contributed by atoms with Crippen LogP contribution in [0.2, 0.25) is 0 Å². The van der Waals surface area contributed by atoms with E-state index in [4.69, 9.17) is 27.4 Å². The number of carboxylic acids is 2. The molecule has 0 aliphatic heterocycles. The number of aliphatic carboxylic acids is 2. The summed E-state index contributed by atoms with van der Waals surface area (Å²) in [5.41, 5.74) is 15.3. The maximum atomic E-state index is 11.7. The third-order valence-corrected chi connectivity index (χ3v) is 5.68. The van der Waals surface area contributed by atoms with E-state index in [1.807, 2.05) is 6.26 Å². The number of carbonyl (C=O) groups is 3. The first-order chi connectivity index (χ1) is 16.1. The van der Waals surface area contributed by atoms with E-state index < -0.39 is 24.0 Å². The fourth-order valence-electron chi connectivity index (χ4n) is 3.00. The minimum Gasteiger partial charge on any atom is -0.480 e. The number of thioether (sulfide) groups is 1. The molecule has 0 fully saturated rings. The van der Waals surface area contributed by atoms with Crippen molar-refractivity contribution in [3.8, 4) is 0 Å². The highest BCUT2D eigenvalue weighted by Crippen LogP contribution is 2.10. The number of hydrogen-bond acceptors (Lipinski definition) is 6. The fraction of sp³-hybridized carbons (Fsp3) is 0.826. The van der Waals surface area contributed by atoms with E-state index in [-0.39, 0.29) is 11.9 Å². The molecule has 200 valence electrons. The van der Waals surface area contributed by atoms with Gasteiger partial charge in [0, 0.05) is 13.0 Å². The van der Waals surface area contributed by atoms with Gasteiger partial charge in [-0.15, -0.1) is 0 Å². The quantitative estimate of drug-likeness (QED) is 0.0819. The number of nitrogens with one attached hydrogen (secondary N) is 1. The summed E-state index contributed by atoms with van der Waals surface area (Å²) in [5, 5.41) is 20.1. The Morgan fingerprint density at radius 1 is 0.882 bits per heavy atom. The zero-order valence-corrected chi connectivity index (χ0v) is 21.8. The minimum absolute atomic E-state index is 0.0129. The molecule has 0 rings (SSSR count). The molecule has 0 radical (unpaired) electrons. The molecule has 2 unspecified atom stereocenters. The van der Waals surface area contributed by atoms with Crippen molar-refractivity contribution < 1.29 is 24.6 Å². The van der Waals surface area contributed by atoms with Crippen LogP contribution < -0.4 is 22.5 Å². The third kappa shape index (κ3) is 24.6. The lowest BCUT2D eigenvalue weighted by Crippen LogP contribution is -2.41. The van der Waals surface area contributed by atoms with Crippen molar-refractivity contribution >= 4 is 35.6 Å². The highest BCUT2D eigenvalue weighted by atomic mass is 32.2. The molecule has 10 nitrogen and oxygen atoms in total. The van der Waals surface area contributed by atoms with Gasteiger partial charge in [-0.3, -0.25) is 14.6 Å². The van der Waals surface area contributed by atoms with Crippen LogP contribution in [0.15, 0.2) is 4.99 Å². The Balaban J connectivity index is 0. The van der Waals surface area contributed by atoms with Gasteiger partial charge in [-0.25, -0.2) is 4.79 Å². The van der Waals surface area contributed by atoms with Gasteiger partial charge >= 0.3 is 11.9 Å².